The maximum Gasteiger partial charge on any atom is 0.0947 e. The Morgan fingerprint density at radius 3 is 2.58 bits per heavy atom. The fourth-order valence-corrected chi connectivity index (χ4v) is 2.33. The number of benzene rings is 1. The van der Waals surface area contributed by atoms with Crippen LogP contribution in [0, 0.1) is 5.92 Å². The first-order chi connectivity index (χ1) is 9.16. The van der Waals surface area contributed by atoms with E-state index in [9.17, 15) is 5.11 Å². The van der Waals surface area contributed by atoms with E-state index in [4.69, 9.17) is 4.42 Å². The van der Waals surface area contributed by atoms with Crippen molar-refractivity contribution in [3.8, 4) is 0 Å². The van der Waals surface area contributed by atoms with Gasteiger partial charge in [-0.2, -0.15) is 0 Å². The van der Waals surface area contributed by atoms with Gasteiger partial charge in [0.05, 0.1) is 18.6 Å². The number of hydrogen-bond donors (Lipinski definition) is 1. The normalized spacial score (nSPS) is 14.5. The van der Waals surface area contributed by atoms with Crippen molar-refractivity contribution in [2.24, 2.45) is 5.92 Å². The van der Waals surface area contributed by atoms with Gasteiger partial charge in [-0.1, -0.05) is 37.3 Å². The summed E-state index contributed by atoms with van der Waals surface area (Å²) in [5.41, 5.74) is 2.13. The molecule has 2 aromatic rings. The van der Waals surface area contributed by atoms with Crippen LogP contribution in [0.4, 0.5) is 0 Å². The smallest absolute Gasteiger partial charge is 0.0947 e. The number of aliphatic hydroxyl groups is 1. The molecule has 0 saturated heterocycles. The topological polar surface area (TPSA) is 36.6 Å². The highest BCUT2D eigenvalue weighted by Crippen LogP contribution is 2.22. The van der Waals surface area contributed by atoms with Gasteiger partial charge in [-0.3, -0.25) is 0 Å². The summed E-state index contributed by atoms with van der Waals surface area (Å²) < 4.78 is 5.06. The van der Waals surface area contributed by atoms with E-state index in [-0.39, 0.29) is 5.92 Å². The van der Waals surface area contributed by atoms with Crippen LogP contribution in [-0.4, -0.2) is 23.6 Å². The molecule has 0 bridgehead atoms. The summed E-state index contributed by atoms with van der Waals surface area (Å²) >= 11 is 0. The number of furan rings is 1. The predicted octanol–water partition coefficient (Wildman–Crippen LogP) is 3.08. The number of nitrogens with zero attached hydrogens (tertiary/aromatic N) is 1. The van der Waals surface area contributed by atoms with Crippen LogP contribution in [0.3, 0.4) is 0 Å². The molecular weight excluding hydrogens is 238 g/mol. The highest BCUT2D eigenvalue weighted by molar-refractivity contribution is 5.17. The lowest BCUT2D eigenvalue weighted by atomic mass is 9.97. The maximum atomic E-state index is 10.3. The van der Waals surface area contributed by atoms with Crippen molar-refractivity contribution in [2.45, 2.75) is 19.6 Å². The molecule has 0 spiro atoms. The average molecular weight is 259 g/mol. The maximum absolute atomic E-state index is 10.3. The minimum absolute atomic E-state index is 0.180. The highest BCUT2D eigenvalue weighted by Gasteiger charge is 2.17. The Morgan fingerprint density at radius 2 is 1.95 bits per heavy atom. The molecule has 3 nitrogen and oxygen atoms in total. The molecule has 3 heteroatoms. The largest absolute Gasteiger partial charge is 0.472 e. The van der Waals surface area contributed by atoms with Crippen LogP contribution in [0.2, 0.25) is 0 Å². The Kier molecular flexibility index (Phi) is 4.77. The zero-order chi connectivity index (χ0) is 13.7. The molecule has 0 aliphatic carbocycles. The van der Waals surface area contributed by atoms with E-state index in [0.29, 0.717) is 0 Å². The van der Waals surface area contributed by atoms with Crippen LogP contribution in [0.5, 0.6) is 0 Å². The van der Waals surface area contributed by atoms with E-state index >= 15 is 0 Å². The molecule has 19 heavy (non-hydrogen) atoms. The zero-order valence-corrected chi connectivity index (χ0v) is 11.5. The molecule has 0 radical (unpaired) electrons. The molecule has 0 amide bonds. The van der Waals surface area contributed by atoms with Crippen LogP contribution < -0.4 is 0 Å². The van der Waals surface area contributed by atoms with Gasteiger partial charge < -0.3 is 14.4 Å². The summed E-state index contributed by atoms with van der Waals surface area (Å²) in [6, 6.07) is 11.8. The summed E-state index contributed by atoms with van der Waals surface area (Å²) in [5.74, 6) is 0.180. The van der Waals surface area contributed by atoms with Gasteiger partial charge in [0.1, 0.15) is 0 Å². The first kappa shape index (κ1) is 13.8. The van der Waals surface area contributed by atoms with Crippen molar-refractivity contribution >= 4 is 0 Å². The van der Waals surface area contributed by atoms with Gasteiger partial charge >= 0.3 is 0 Å². The second kappa shape index (κ2) is 6.55. The van der Waals surface area contributed by atoms with Crippen LogP contribution >= 0.6 is 0 Å². The van der Waals surface area contributed by atoms with E-state index in [2.05, 4.69) is 18.9 Å². The fourth-order valence-electron chi connectivity index (χ4n) is 2.33. The molecule has 1 heterocycles. The monoisotopic (exact) mass is 259 g/mol. The quantitative estimate of drug-likeness (QED) is 0.866. The second-order valence-corrected chi connectivity index (χ2v) is 5.16. The third-order valence-corrected chi connectivity index (χ3v) is 3.31. The summed E-state index contributed by atoms with van der Waals surface area (Å²) in [7, 11) is 2.06. The Labute approximate surface area is 114 Å². The molecule has 2 unspecified atom stereocenters. The number of hydrogen-bond acceptors (Lipinski definition) is 3. The summed E-state index contributed by atoms with van der Waals surface area (Å²) in [6.07, 6.45) is 3.02. The fraction of sp³-hybridized carbons (Fsp3) is 0.375. The molecule has 0 aliphatic heterocycles. The van der Waals surface area contributed by atoms with Gasteiger partial charge in [0.25, 0.3) is 0 Å². The third kappa shape index (κ3) is 3.94. The SMILES string of the molecule is CC(CN(C)Cc1ccoc1)C(O)c1ccccc1. The summed E-state index contributed by atoms with van der Waals surface area (Å²) in [6.45, 7) is 3.74. The minimum Gasteiger partial charge on any atom is -0.472 e. The molecule has 1 aromatic heterocycles. The van der Waals surface area contributed by atoms with E-state index in [1.807, 2.05) is 36.4 Å². The molecule has 0 fully saturated rings. The summed E-state index contributed by atoms with van der Waals surface area (Å²) in [5, 5.41) is 10.3. The lowest BCUT2D eigenvalue weighted by Gasteiger charge is -2.24. The van der Waals surface area contributed by atoms with E-state index < -0.39 is 6.10 Å². The lowest BCUT2D eigenvalue weighted by molar-refractivity contribution is 0.0933. The van der Waals surface area contributed by atoms with Gasteiger partial charge in [-0.15, -0.1) is 0 Å². The standard InChI is InChI=1S/C16H21NO2/c1-13(16(18)15-6-4-3-5-7-15)10-17(2)11-14-8-9-19-12-14/h3-9,12-13,16,18H,10-11H2,1-2H3. The molecular formula is C16H21NO2. The Balaban J connectivity index is 1.88. The van der Waals surface area contributed by atoms with Crippen molar-refractivity contribution < 1.29 is 9.52 Å². The Morgan fingerprint density at radius 1 is 1.21 bits per heavy atom. The van der Waals surface area contributed by atoms with Crippen molar-refractivity contribution in [3.05, 3.63) is 60.1 Å². The zero-order valence-electron chi connectivity index (χ0n) is 11.5. The van der Waals surface area contributed by atoms with Crippen LogP contribution in [0.15, 0.2) is 53.3 Å². The van der Waals surface area contributed by atoms with Crippen molar-refractivity contribution in [1.82, 2.24) is 4.90 Å². The second-order valence-electron chi connectivity index (χ2n) is 5.16. The van der Waals surface area contributed by atoms with E-state index in [1.165, 1.54) is 0 Å². The highest BCUT2D eigenvalue weighted by atomic mass is 16.3. The van der Waals surface area contributed by atoms with Gasteiger partial charge in [0, 0.05) is 18.7 Å². The third-order valence-electron chi connectivity index (χ3n) is 3.31. The van der Waals surface area contributed by atoms with Crippen molar-refractivity contribution in [2.75, 3.05) is 13.6 Å². The van der Waals surface area contributed by atoms with Gasteiger partial charge in [-0.05, 0) is 24.6 Å². The molecule has 1 N–H and O–H groups in total. The van der Waals surface area contributed by atoms with Gasteiger partial charge in [-0.25, -0.2) is 0 Å². The molecule has 2 rings (SSSR count). The molecule has 1 aromatic carbocycles. The van der Waals surface area contributed by atoms with Gasteiger partial charge in [0.15, 0.2) is 0 Å². The van der Waals surface area contributed by atoms with Gasteiger partial charge in [0.2, 0.25) is 0 Å². The number of rotatable bonds is 6. The lowest BCUT2D eigenvalue weighted by Crippen LogP contribution is -2.27. The number of aliphatic hydroxyl groups excluding tert-OH is 1. The first-order valence-corrected chi connectivity index (χ1v) is 6.59. The molecule has 102 valence electrons. The minimum atomic E-state index is -0.423. The van der Waals surface area contributed by atoms with E-state index in [0.717, 1.165) is 24.2 Å². The van der Waals surface area contributed by atoms with Crippen LogP contribution in [0.25, 0.3) is 0 Å². The molecule has 0 aliphatic rings. The van der Waals surface area contributed by atoms with Crippen molar-refractivity contribution in [1.29, 1.82) is 0 Å². The van der Waals surface area contributed by atoms with Crippen LogP contribution in [0.1, 0.15) is 24.2 Å². The molecule has 2 atom stereocenters. The Hall–Kier alpha value is -1.58. The Bertz CT molecular complexity index is 467. The van der Waals surface area contributed by atoms with Crippen LogP contribution in [-0.2, 0) is 6.54 Å². The predicted molar refractivity (Wildman–Crippen MR) is 75.6 cm³/mol. The van der Waals surface area contributed by atoms with Crippen molar-refractivity contribution in [3.63, 3.8) is 0 Å². The summed E-state index contributed by atoms with van der Waals surface area (Å²) in [4.78, 5) is 2.20. The average Bonchev–Trinajstić information content (AvgIpc) is 2.91. The van der Waals surface area contributed by atoms with E-state index in [1.54, 1.807) is 12.5 Å². The molecule has 0 saturated carbocycles. The first-order valence-electron chi connectivity index (χ1n) is 6.59.